The van der Waals surface area contributed by atoms with Gasteiger partial charge in [0.2, 0.25) is 17.8 Å². The molecule has 4 amide bonds. The van der Waals surface area contributed by atoms with Crippen LogP contribution in [-0.4, -0.2) is 82.0 Å². The molecule has 3 aromatic carbocycles. The number of aliphatic hydroxyl groups is 1. The molecular formula is C42H44N6O7. The fourth-order valence-electron chi connectivity index (χ4n) is 8.06. The van der Waals surface area contributed by atoms with E-state index in [2.05, 4.69) is 58.6 Å². The Morgan fingerprint density at radius 3 is 2.24 bits per heavy atom. The van der Waals surface area contributed by atoms with Gasteiger partial charge in [-0.2, -0.15) is 0 Å². The molecule has 55 heavy (non-hydrogen) atoms. The molecule has 4 aliphatic rings. The fraction of sp³-hybridized carbons (Fsp3) is 0.381. The van der Waals surface area contributed by atoms with Crippen LogP contribution in [0.25, 0.3) is 0 Å². The van der Waals surface area contributed by atoms with Crippen molar-refractivity contribution in [3.05, 3.63) is 107 Å². The maximum atomic E-state index is 13.1. The molecule has 13 heteroatoms. The molecule has 284 valence electrons. The van der Waals surface area contributed by atoms with Crippen molar-refractivity contribution < 1.29 is 33.8 Å². The average molecular weight is 745 g/mol. The third-order valence-electron chi connectivity index (χ3n) is 11.3. The predicted octanol–water partition coefficient (Wildman–Crippen LogP) is 4.62. The van der Waals surface area contributed by atoms with Crippen LogP contribution in [-0.2, 0) is 21.6 Å². The van der Waals surface area contributed by atoms with Crippen LogP contribution in [0, 0.1) is 5.41 Å². The molecule has 1 spiro atoms. The Hall–Kier alpha value is -5.82. The van der Waals surface area contributed by atoms with Gasteiger partial charge in [-0.15, -0.1) is 0 Å². The van der Waals surface area contributed by atoms with Gasteiger partial charge >= 0.3 is 0 Å². The molecule has 0 bridgehead atoms. The zero-order valence-electron chi connectivity index (χ0n) is 30.9. The van der Waals surface area contributed by atoms with Crippen molar-refractivity contribution in [2.24, 2.45) is 5.41 Å². The molecule has 1 saturated carbocycles. The number of anilines is 2. The molecule has 1 unspecified atom stereocenters. The summed E-state index contributed by atoms with van der Waals surface area (Å²) in [6.07, 6.45) is 4.25. The van der Waals surface area contributed by atoms with Crippen molar-refractivity contribution >= 4 is 35.3 Å². The van der Waals surface area contributed by atoms with Gasteiger partial charge in [-0.1, -0.05) is 38.1 Å². The third kappa shape index (κ3) is 7.23. The summed E-state index contributed by atoms with van der Waals surface area (Å²) in [5, 5.41) is 15.2. The second-order valence-corrected chi connectivity index (χ2v) is 15.6. The Labute approximate surface area is 319 Å². The Bertz CT molecular complexity index is 2120. The number of aliphatic hydroxyl groups excluding tert-OH is 1. The van der Waals surface area contributed by atoms with Gasteiger partial charge in [-0.05, 0) is 85.3 Å². The molecule has 3 fully saturated rings. The lowest BCUT2D eigenvalue weighted by Gasteiger charge is -2.57. The third-order valence-corrected chi connectivity index (χ3v) is 11.3. The minimum atomic E-state index is -0.990. The van der Waals surface area contributed by atoms with E-state index in [1.807, 2.05) is 30.3 Å². The summed E-state index contributed by atoms with van der Waals surface area (Å²) in [5.74, 6) is 0.157. The summed E-state index contributed by atoms with van der Waals surface area (Å²) in [7, 11) is 0. The van der Waals surface area contributed by atoms with Gasteiger partial charge < -0.3 is 24.8 Å². The van der Waals surface area contributed by atoms with E-state index in [9.17, 15) is 24.3 Å². The summed E-state index contributed by atoms with van der Waals surface area (Å²) in [6.45, 7) is 7.56. The van der Waals surface area contributed by atoms with Crippen LogP contribution in [0.2, 0.25) is 0 Å². The van der Waals surface area contributed by atoms with Crippen LogP contribution >= 0.6 is 0 Å². The van der Waals surface area contributed by atoms with Gasteiger partial charge in [0.1, 0.15) is 24.1 Å². The summed E-state index contributed by atoms with van der Waals surface area (Å²) in [5.41, 5.74) is 4.28. The minimum absolute atomic E-state index is 0.0783. The number of hydrogen-bond acceptors (Lipinski definition) is 11. The van der Waals surface area contributed by atoms with Gasteiger partial charge in [-0.25, -0.2) is 9.97 Å². The zero-order valence-corrected chi connectivity index (χ0v) is 30.9. The molecule has 2 saturated heterocycles. The molecule has 4 aromatic rings. The van der Waals surface area contributed by atoms with Crippen LogP contribution in [0.3, 0.4) is 0 Å². The van der Waals surface area contributed by atoms with E-state index in [1.165, 1.54) is 0 Å². The second kappa shape index (κ2) is 14.4. The van der Waals surface area contributed by atoms with Gasteiger partial charge in [-0.3, -0.25) is 29.4 Å². The number of nitrogens with zero attached hydrogens (tertiary/aromatic N) is 4. The normalized spacial score (nSPS) is 19.1. The molecular weight excluding hydrogens is 700 g/mol. The molecule has 0 radical (unpaired) electrons. The first kappa shape index (κ1) is 36.2. The Morgan fingerprint density at radius 1 is 0.891 bits per heavy atom. The van der Waals surface area contributed by atoms with Crippen molar-refractivity contribution in [2.45, 2.75) is 70.1 Å². The topological polar surface area (TPSA) is 163 Å². The lowest BCUT2D eigenvalue weighted by molar-refractivity contribution is -0.136. The number of carbonyl (C=O) groups excluding carboxylic acids is 4. The number of nitrogens with one attached hydrogen (secondary N) is 2. The molecule has 3 aliphatic heterocycles. The SMILES string of the molecule is CC(C)(c1ccc(OCCCNc2ccc3c(c2)C(=O)N(C2CCC(=O)NC2=O)C3=O)cc1)c1ccc(OCc2ccnc(N3CC4(CC(O)C4)C3)n2)cc1. The molecule has 8 rings (SSSR count). The van der Waals surface area contributed by atoms with Crippen molar-refractivity contribution in [1.82, 2.24) is 20.2 Å². The lowest BCUT2D eigenvalue weighted by atomic mass is 9.62. The number of amides is 4. The molecule has 4 heterocycles. The van der Waals surface area contributed by atoms with Crippen LogP contribution in [0.4, 0.5) is 11.6 Å². The molecule has 1 aromatic heterocycles. The van der Waals surface area contributed by atoms with Crippen molar-refractivity contribution in [3.8, 4) is 11.5 Å². The zero-order chi connectivity index (χ0) is 38.3. The first-order valence-corrected chi connectivity index (χ1v) is 18.8. The Balaban J connectivity index is 0.782. The number of carbonyl (C=O) groups is 4. The summed E-state index contributed by atoms with van der Waals surface area (Å²) < 4.78 is 12.1. The fourth-order valence-corrected chi connectivity index (χ4v) is 8.06. The average Bonchev–Trinajstić information content (AvgIpc) is 3.40. The van der Waals surface area contributed by atoms with Gasteiger partial charge in [0, 0.05) is 48.8 Å². The quantitative estimate of drug-likeness (QED) is 0.129. The number of hydrogen-bond donors (Lipinski definition) is 3. The van der Waals surface area contributed by atoms with Crippen LogP contribution in [0.15, 0.2) is 79.0 Å². The minimum Gasteiger partial charge on any atom is -0.494 e. The van der Waals surface area contributed by atoms with Gasteiger partial charge in [0.15, 0.2) is 0 Å². The van der Waals surface area contributed by atoms with Crippen LogP contribution < -0.4 is 25.0 Å². The van der Waals surface area contributed by atoms with E-state index in [-0.39, 0.29) is 40.9 Å². The highest BCUT2D eigenvalue weighted by atomic mass is 16.5. The lowest BCUT2D eigenvalue weighted by Crippen LogP contribution is -2.64. The van der Waals surface area contributed by atoms with E-state index in [1.54, 1.807) is 24.4 Å². The Kier molecular flexibility index (Phi) is 9.50. The summed E-state index contributed by atoms with van der Waals surface area (Å²) in [4.78, 5) is 62.2. The van der Waals surface area contributed by atoms with E-state index in [0.717, 1.165) is 59.2 Å². The number of ether oxygens (including phenoxy) is 2. The monoisotopic (exact) mass is 744 g/mol. The van der Waals surface area contributed by atoms with Crippen molar-refractivity contribution in [1.29, 1.82) is 0 Å². The first-order valence-electron chi connectivity index (χ1n) is 18.8. The molecule has 1 atom stereocenters. The highest BCUT2D eigenvalue weighted by Gasteiger charge is 2.52. The second-order valence-electron chi connectivity index (χ2n) is 15.6. The van der Waals surface area contributed by atoms with E-state index in [4.69, 9.17) is 14.5 Å². The van der Waals surface area contributed by atoms with Gasteiger partial charge in [0.05, 0.1) is 29.5 Å². The summed E-state index contributed by atoms with van der Waals surface area (Å²) in [6, 6.07) is 22.1. The number of rotatable bonds is 13. The molecule has 13 nitrogen and oxygen atoms in total. The number of fused-ring (bicyclic) bond motifs is 1. The molecule has 1 aliphatic carbocycles. The number of piperidine rings is 1. The van der Waals surface area contributed by atoms with E-state index >= 15 is 0 Å². The van der Waals surface area contributed by atoms with Crippen molar-refractivity contribution in [3.63, 3.8) is 0 Å². The highest BCUT2D eigenvalue weighted by Crippen LogP contribution is 2.49. The highest BCUT2D eigenvalue weighted by molar-refractivity contribution is 6.23. The van der Waals surface area contributed by atoms with Crippen molar-refractivity contribution in [2.75, 3.05) is 36.5 Å². The first-order chi connectivity index (χ1) is 26.5. The summed E-state index contributed by atoms with van der Waals surface area (Å²) >= 11 is 0. The van der Waals surface area contributed by atoms with E-state index < -0.39 is 29.7 Å². The maximum Gasteiger partial charge on any atom is 0.262 e. The smallest absolute Gasteiger partial charge is 0.262 e. The number of imide groups is 2. The predicted molar refractivity (Wildman–Crippen MR) is 203 cm³/mol. The maximum absolute atomic E-state index is 13.1. The number of benzene rings is 3. The van der Waals surface area contributed by atoms with E-state index in [0.29, 0.717) is 37.8 Å². The largest absolute Gasteiger partial charge is 0.494 e. The number of aromatic nitrogens is 2. The van der Waals surface area contributed by atoms with Gasteiger partial charge in [0.25, 0.3) is 11.8 Å². The standard InChI is InChI=1S/C42H44N6O7/c1-41(2,27-6-11-32(12-7-27)55-23-29-16-18-44-40(45-29)47-24-42(25-47)21-30(49)22-42)26-4-9-31(10-5-26)54-19-3-17-43-28-8-13-33-34(20-28)39(53)48(38(33)52)35-14-15-36(50)46-37(35)51/h4-13,16,18,20,30,35,43,49H,3,14-15,17,19,21-25H2,1-2H3,(H,46,50,51). The molecule has 3 N–H and O–H groups in total. The van der Waals surface area contributed by atoms with Crippen LogP contribution in [0.5, 0.6) is 11.5 Å². The van der Waals surface area contributed by atoms with Crippen LogP contribution in [0.1, 0.15) is 83.5 Å². The Morgan fingerprint density at radius 2 is 1.56 bits per heavy atom.